The number of ether oxygens (including phenoxy) is 1. The molecule has 0 unspecified atom stereocenters. The van der Waals surface area contributed by atoms with Crippen LogP contribution in [-0.4, -0.2) is 51.0 Å². The third kappa shape index (κ3) is 4.51. The van der Waals surface area contributed by atoms with E-state index in [-0.39, 0.29) is 12.1 Å². The Kier molecular flexibility index (Phi) is 5.85. The van der Waals surface area contributed by atoms with E-state index in [2.05, 4.69) is 37.6 Å². The van der Waals surface area contributed by atoms with Crippen molar-refractivity contribution in [1.29, 1.82) is 0 Å². The van der Waals surface area contributed by atoms with Crippen molar-refractivity contribution in [3.8, 4) is 0 Å². The van der Waals surface area contributed by atoms with Crippen LogP contribution in [0, 0.1) is 13.8 Å². The van der Waals surface area contributed by atoms with Gasteiger partial charge in [-0.25, -0.2) is 14.5 Å². The summed E-state index contributed by atoms with van der Waals surface area (Å²) in [7, 11) is 1.74. The summed E-state index contributed by atoms with van der Waals surface area (Å²) < 4.78 is 7.99. The molecule has 3 aromatic heterocycles. The molecule has 0 aromatic carbocycles. The molecule has 0 saturated carbocycles. The second kappa shape index (κ2) is 8.73. The SMILES string of the molecule is CN=C(/C(=C/N)O[C@@H]1CCN[C@H]1C)c1ccn2nc(Nc3cc(C)nc(C)n3)cc2c1. The van der Waals surface area contributed by atoms with Gasteiger partial charge in [-0.15, -0.1) is 0 Å². The number of rotatable bonds is 6. The smallest absolute Gasteiger partial charge is 0.160 e. The number of nitrogens with one attached hydrogen (secondary N) is 2. The second-order valence-corrected chi connectivity index (χ2v) is 7.67. The van der Waals surface area contributed by atoms with E-state index in [0.29, 0.717) is 28.9 Å². The molecule has 1 fully saturated rings. The molecule has 0 amide bonds. The molecule has 0 radical (unpaired) electrons. The van der Waals surface area contributed by atoms with E-state index in [0.717, 1.165) is 29.7 Å². The van der Waals surface area contributed by atoms with E-state index in [1.165, 1.54) is 6.20 Å². The maximum atomic E-state index is 6.19. The number of hydrogen-bond donors (Lipinski definition) is 3. The summed E-state index contributed by atoms with van der Waals surface area (Å²) in [5.74, 6) is 2.70. The van der Waals surface area contributed by atoms with Gasteiger partial charge in [0.1, 0.15) is 23.5 Å². The molecule has 0 aliphatic carbocycles. The molecular formula is C22H28N8O. The second-order valence-electron chi connectivity index (χ2n) is 7.67. The first-order valence-electron chi connectivity index (χ1n) is 10.3. The predicted octanol–water partition coefficient (Wildman–Crippen LogP) is 2.47. The minimum atomic E-state index is 0.0702. The summed E-state index contributed by atoms with van der Waals surface area (Å²) in [6.45, 7) is 6.86. The zero-order chi connectivity index (χ0) is 22.0. The van der Waals surface area contributed by atoms with Gasteiger partial charge in [0.2, 0.25) is 0 Å². The van der Waals surface area contributed by atoms with Gasteiger partial charge in [-0.1, -0.05) is 0 Å². The van der Waals surface area contributed by atoms with Gasteiger partial charge in [0, 0.05) is 48.9 Å². The maximum absolute atomic E-state index is 6.19. The molecule has 1 aliphatic rings. The highest BCUT2D eigenvalue weighted by Gasteiger charge is 2.26. The van der Waals surface area contributed by atoms with Gasteiger partial charge >= 0.3 is 0 Å². The Labute approximate surface area is 181 Å². The van der Waals surface area contributed by atoms with Gasteiger partial charge in [0.25, 0.3) is 0 Å². The average molecular weight is 421 g/mol. The highest BCUT2D eigenvalue weighted by Crippen LogP contribution is 2.21. The third-order valence-electron chi connectivity index (χ3n) is 5.30. The van der Waals surface area contributed by atoms with Gasteiger partial charge in [-0.3, -0.25) is 4.99 Å². The lowest BCUT2D eigenvalue weighted by atomic mass is 10.1. The lowest BCUT2D eigenvalue weighted by Crippen LogP contribution is -2.30. The molecule has 9 heteroatoms. The Morgan fingerprint density at radius 1 is 1.29 bits per heavy atom. The number of aliphatic imine (C=N–C) groups is 1. The highest BCUT2D eigenvalue weighted by molar-refractivity contribution is 6.11. The van der Waals surface area contributed by atoms with E-state index in [4.69, 9.17) is 10.5 Å². The monoisotopic (exact) mass is 420 g/mol. The van der Waals surface area contributed by atoms with E-state index < -0.39 is 0 Å². The summed E-state index contributed by atoms with van der Waals surface area (Å²) in [5.41, 5.74) is 9.34. The Morgan fingerprint density at radius 2 is 2.13 bits per heavy atom. The lowest BCUT2D eigenvalue weighted by molar-refractivity contribution is 0.122. The number of anilines is 2. The van der Waals surface area contributed by atoms with Gasteiger partial charge < -0.3 is 21.1 Å². The Balaban J connectivity index is 1.58. The van der Waals surface area contributed by atoms with Gasteiger partial charge in [0.05, 0.1) is 5.52 Å². The first-order chi connectivity index (χ1) is 15.0. The molecule has 0 bridgehead atoms. The number of aryl methyl sites for hydroxylation is 2. The Bertz CT molecular complexity index is 1130. The molecular weight excluding hydrogens is 392 g/mol. The number of allylic oxidation sites excluding steroid dienone is 1. The van der Waals surface area contributed by atoms with E-state index in [9.17, 15) is 0 Å². The minimum Gasteiger partial charge on any atom is -0.485 e. The quantitative estimate of drug-likeness (QED) is 0.414. The topological polar surface area (TPSA) is 115 Å². The Hall–Kier alpha value is -3.46. The number of aromatic nitrogens is 4. The molecule has 3 aromatic rings. The van der Waals surface area contributed by atoms with Crippen LogP contribution >= 0.6 is 0 Å². The van der Waals surface area contributed by atoms with Crippen LogP contribution in [0.2, 0.25) is 0 Å². The van der Waals surface area contributed by atoms with Crippen molar-refractivity contribution in [2.45, 2.75) is 39.3 Å². The normalized spacial score (nSPS) is 19.7. The zero-order valence-corrected chi connectivity index (χ0v) is 18.3. The molecule has 4 heterocycles. The Morgan fingerprint density at radius 3 is 2.81 bits per heavy atom. The summed E-state index contributed by atoms with van der Waals surface area (Å²) in [4.78, 5) is 13.2. The van der Waals surface area contributed by atoms with Crippen molar-refractivity contribution in [3.05, 3.63) is 59.5 Å². The maximum Gasteiger partial charge on any atom is 0.160 e. The van der Waals surface area contributed by atoms with Crippen molar-refractivity contribution in [2.24, 2.45) is 10.7 Å². The van der Waals surface area contributed by atoms with Gasteiger partial charge in [0.15, 0.2) is 11.6 Å². The summed E-state index contributed by atoms with van der Waals surface area (Å²) in [6, 6.07) is 8.08. The van der Waals surface area contributed by atoms with Crippen molar-refractivity contribution < 1.29 is 4.74 Å². The molecule has 2 atom stereocenters. The summed E-state index contributed by atoms with van der Waals surface area (Å²) in [6.07, 6.45) is 4.39. The lowest BCUT2D eigenvalue weighted by Gasteiger charge is -2.20. The van der Waals surface area contributed by atoms with Crippen LogP contribution < -0.4 is 16.4 Å². The molecule has 1 aliphatic heterocycles. The number of fused-ring (bicyclic) bond motifs is 1. The van der Waals surface area contributed by atoms with E-state index >= 15 is 0 Å². The van der Waals surface area contributed by atoms with Crippen LogP contribution in [0.15, 0.2) is 47.4 Å². The third-order valence-corrected chi connectivity index (χ3v) is 5.30. The van der Waals surface area contributed by atoms with Crippen LogP contribution in [0.4, 0.5) is 11.6 Å². The zero-order valence-electron chi connectivity index (χ0n) is 18.3. The molecule has 1 saturated heterocycles. The van der Waals surface area contributed by atoms with Crippen molar-refractivity contribution in [2.75, 3.05) is 18.9 Å². The summed E-state index contributed by atoms with van der Waals surface area (Å²) in [5, 5.41) is 11.2. The van der Waals surface area contributed by atoms with Gasteiger partial charge in [-0.2, -0.15) is 5.10 Å². The number of nitrogens with two attached hydrogens (primary N) is 1. The standard InChI is InChI=1S/C22H28N8O/c1-13-9-20(27-15(3)26-13)28-21-11-17-10-16(6-8-30(17)29-21)22(24-4)19(12-23)31-18-5-7-25-14(18)2/h6,8-12,14,18,25H,5,7,23H2,1-4H3,(H,26,27,28,29)/b19-12-,24-22?/t14-,18+/m0/s1. The molecule has 162 valence electrons. The van der Waals surface area contributed by atoms with Crippen LogP contribution in [0.3, 0.4) is 0 Å². The minimum absolute atomic E-state index is 0.0702. The van der Waals surface area contributed by atoms with Crippen LogP contribution in [0.25, 0.3) is 5.52 Å². The summed E-state index contributed by atoms with van der Waals surface area (Å²) >= 11 is 0. The number of nitrogens with zero attached hydrogens (tertiary/aromatic N) is 5. The fourth-order valence-electron chi connectivity index (χ4n) is 3.83. The van der Waals surface area contributed by atoms with Crippen molar-refractivity contribution in [1.82, 2.24) is 24.9 Å². The van der Waals surface area contributed by atoms with Crippen molar-refractivity contribution >= 4 is 22.9 Å². The number of hydrogen-bond acceptors (Lipinski definition) is 8. The highest BCUT2D eigenvalue weighted by atomic mass is 16.5. The average Bonchev–Trinajstić information content (AvgIpc) is 3.31. The van der Waals surface area contributed by atoms with Crippen LogP contribution in [-0.2, 0) is 4.74 Å². The molecule has 4 N–H and O–H groups in total. The molecule has 0 spiro atoms. The molecule has 9 nitrogen and oxygen atoms in total. The van der Waals surface area contributed by atoms with E-state index in [1.54, 1.807) is 11.6 Å². The first kappa shape index (κ1) is 20.8. The van der Waals surface area contributed by atoms with Crippen molar-refractivity contribution in [3.63, 3.8) is 0 Å². The molecule has 4 rings (SSSR count). The van der Waals surface area contributed by atoms with Crippen LogP contribution in [0.5, 0.6) is 0 Å². The number of pyridine rings is 1. The first-order valence-corrected chi connectivity index (χ1v) is 10.3. The van der Waals surface area contributed by atoms with E-state index in [1.807, 2.05) is 44.3 Å². The largest absolute Gasteiger partial charge is 0.485 e. The predicted molar refractivity (Wildman–Crippen MR) is 122 cm³/mol. The molecule has 31 heavy (non-hydrogen) atoms. The van der Waals surface area contributed by atoms with Gasteiger partial charge in [-0.05, 0) is 45.9 Å². The fourth-order valence-corrected chi connectivity index (χ4v) is 3.83. The fraction of sp³-hybridized carbons (Fsp3) is 0.364. The van der Waals surface area contributed by atoms with Crippen LogP contribution in [0.1, 0.15) is 30.4 Å².